The first kappa shape index (κ1) is 16.3. The minimum Gasteiger partial charge on any atom is -0.379 e. The monoisotopic (exact) mass is 346 g/mol. The molecule has 0 N–H and O–H groups in total. The predicted octanol–water partition coefficient (Wildman–Crippen LogP) is 3.68. The van der Waals surface area contributed by atoms with Crippen molar-refractivity contribution in [1.82, 2.24) is 9.88 Å². The largest absolute Gasteiger partial charge is 0.379 e. The van der Waals surface area contributed by atoms with Crippen LogP contribution >= 0.6 is 11.8 Å². The maximum Gasteiger partial charge on any atom is 0.123 e. The summed E-state index contributed by atoms with van der Waals surface area (Å²) >= 11 is 1.86. The van der Waals surface area contributed by atoms with E-state index in [1.807, 2.05) is 17.8 Å². The lowest BCUT2D eigenvalue weighted by Crippen LogP contribution is -2.37. The van der Waals surface area contributed by atoms with Gasteiger partial charge in [-0.25, -0.2) is 9.37 Å². The molecule has 2 heterocycles. The number of ether oxygens (including phenoxy) is 1. The van der Waals surface area contributed by atoms with Crippen LogP contribution in [0.15, 0.2) is 23.2 Å². The van der Waals surface area contributed by atoms with Crippen molar-refractivity contribution in [3.8, 4) is 0 Å². The topological polar surface area (TPSA) is 25.4 Å². The van der Waals surface area contributed by atoms with E-state index in [-0.39, 0.29) is 5.82 Å². The molecule has 128 valence electrons. The zero-order chi connectivity index (χ0) is 16.4. The van der Waals surface area contributed by atoms with E-state index in [4.69, 9.17) is 9.72 Å². The van der Waals surface area contributed by atoms with Gasteiger partial charge in [-0.2, -0.15) is 0 Å². The number of hydrogen-bond acceptors (Lipinski definition) is 4. The molecule has 1 fully saturated rings. The van der Waals surface area contributed by atoms with E-state index in [0.717, 1.165) is 67.4 Å². The van der Waals surface area contributed by atoms with Gasteiger partial charge in [0.05, 0.1) is 18.7 Å². The Labute approximate surface area is 146 Å². The van der Waals surface area contributed by atoms with Crippen molar-refractivity contribution in [1.29, 1.82) is 0 Å². The summed E-state index contributed by atoms with van der Waals surface area (Å²) in [7, 11) is 0. The van der Waals surface area contributed by atoms with Crippen LogP contribution in [0.3, 0.4) is 0 Å². The van der Waals surface area contributed by atoms with Gasteiger partial charge in [0.25, 0.3) is 0 Å². The fourth-order valence-corrected chi connectivity index (χ4v) is 4.78. The molecule has 0 atom stereocenters. The number of pyridine rings is 1. The fraction of sp³-hybridized carbons (Fsp3) is 0.526. The fourth-order valence-electron chi connectivity index (χ4n) is 3.68. The summed E-state index contributed by atoms with van der Waals surface area (Å²) in [5, 5.41) is 2.18. The van der Waals surface area contributed by atoms with Gasteiger partial charge in [0.15, 0.2) is 0 Å². The molecular formula is C19H23FN2OS. The Morgan fingerprint density at radius 2 is 1.92 bits per heavy atom. The van der Waals surface area contributed by atoms with Gasteiger partial charge in [0.2, 0.25) is 0 Å². The first-order valence-electron chi connectivity index (χ1n) is 8.85. The highest BCUT2D eigenvalue weighted by atomic mass is 32.2. The zero-order valence-corrected chi connectivity index (χ0v) is 14.7. The summed E-state index contributed by atoms with van der Waals surface area (Å²) in [6, 6.07) is 5.01. The van der Waals surface area contributed by atoms with Crippen LogP contribution in [0.4, 0.5) is 4.39 Å². The van der Waals surface area contributed by atoms with E-state index in [0.29, 0.717) is 0 Å². The van der Waals surface area contributed by atoms with Gasteiger partial charge >= 0.3 is 0 Å². The Balaban J connectivity index is 1.56. The first-order valence-corrected chi connectivity index (χ1v) is 9.84. The minimum absolute atomic E-state index is 0.162. The van der Waals surface area contributed by atoms with Crippen molar-refractivity contribution in [2.75, 3.05) is 38.6 Å². The van der Waals surface area contributed by atoms with E-state index in [2.05, 4.69) is 4.90 Å². The van der Waals surface area contributed by atoms with Crippen LogP contribution in [-0.4, -0.2) is 48.5 Å². The normalized spacial score (nSPS) is 18.7. The van der Waals surface area contributed by atoms with E-state index in [1.54, 1.807) is 6.07 Å². The Hall–Kier alpha value is -1.17. The summed E-state index contributed by atoms with van der Waals surface area (Å²) < 4.78 is 19.1. The third-order valence-electron chi connectivity index (χ3n) is 4.98. The average molecular weight is 346 g/mol. The van der Waals surface area contributed by atoms with Crippen molar-refractivity contribution in [3.63, 3.8) is 0 Å². The second-order valence-corrected chi connectivity index (χ2v) is 7.63. The van der Waals surface area contributed by atoms with Gasteiger partial charge in [-0.1, -0.05) is 0 Å². The molecule has 2 aliphatic rings. The number of aromatic nitrogens is 1. The van der Waals surface area contributed by atoms with Crippen molar-refractivity contribution < 1.29 is 9.13 Å². The summed E-state index contributed by atoms with van der Waals surface area (Å²) in [5.74, 6) is 0.886. The minimum atomic E-state index is -0.162. The number of rotatable bonds is 4. The lowest BCUT2D eigenvalue weighted by molar-refractivity contribution is 0.0410. The van der Waals surface area contributed by atoms with Crippen molar-refractivity contribution in [2.45, 2.75) is 30.7 Å². The number of nitrogens with zero attached hydrogens (tertiary/aromatic N) is 2. The standard InChI is InChI=1S/C19H23FN2OS/c20-14-5-6-18-17(13-14)15-3-1-2-4-16(15)19(21-18)24-12-9-22-7-10-23-11-8-22/h5-6,13H,1-4,7-12H2. The molecule has 1 aromatic carbocycles. The van der Waals surface area contributed by atoms with Crippen LogP contribution in [-0.2, 0) is 17.6 Å². The van der Waals surface area contributed by atoms with Crippen molar-refractivity contribution in [3.05, 3.63) is 35.1 Å². The van der Waals surface area contributed by atoms with Crippen LogP contribution < -0.4 is 0 Å². The molecule has 3 nitrogen and oxygen atoms in total. The maximum absolute atomic E-state index is 13.7. The SMILES string of the molecule is Fc1ccc2nc(SCCN3CCOCC3)c3c(c2c1)CCCC3. The molecule has 1 saturated heterocycles. The van der Waals surface area contributed by atoms with Gasteiger partial charge < -0.3 is 4.74 Å². The van der Waals surface area contributed by atoms with Crippen molar-refractivity contribution >= 4 is 22.7 Å². The van der Waals surface area contributed by atoms with Gasteiger partial charge in [-0.05, 0) is 55.0 Å². The zero-order valence-electron chi connectivity index (χ0n) is 13.9. The molecule has 0 bridgehead atoms. The highest BCUT2D eigenvalue weighted by Gasteiger charge is 2.19. The van der Waals surface area contributed by atoms with Crippen LogP contribution in [0.2, 0.25) is 0 Å². The Bertz CT molecular complexity index is 731. The number of fused-ring (bicyclic) bond motifs is 3. The summed E-state index contributed by atoms with van der Waals surface area (Å²) in [6.07, 6.45) is 4.54. The molecule has 0 unspecified atom stereocenters. The summed E-state index contributed by atoms with van der Waals surface area (Å²) in [6.45, 7) is 4.83. The molecular weight excluding hydrogens is 323 g/mol. The van der Waals surface area contributed by atoms with E-state index >= 15 is 0 Å². The maximum atomic E-state index is 13.7. The summed E-state index contributed by atoms with van der Waals surface area (Å²) in [4.78, 5) is 7.32. The molecule has 1 aliphatic carbocycles. The molecule has 1 aliphatic heterocycles. The Morgan fingerprint density at radius 1 is 1.12 bits per heavy atom. The smallest absolute Gasteiger partial charge is 0.123 e. The Kier molecular flexibility index (Phi) is 5.01. The number of aryl methyl sites for hydroxylation is 1. The van der Waals surface area contributed by atoms with Gasteiger partial charge in [-0.15, -0.1) is 11.8 Å². The van der Waals surface area contributed by atoms with Crippen LogP contribution in [0, 0.1) is 5.82 Å². The molecule has 0 amide bonds. The Morgan fingerprint density at radius 3 is 2.75 bits per heavy atom. The van der Waals surface area contributed by atoms with Gasteiger partial charge in [0, 0.05) is 30.8 Å². The lowest BCUT2D eigenvalue weighted by atomic mass is 9.90. The number of thioether (sulfide) groups is 1. The first-order chi connectivity index (χ1) is 11.8. The number of morpholine rings is 1. The molecule has 0 radical (unpaired) electrons. The van der Waals surface area contributed by atoms with E-state index in [1.165, 1.54) is 30.0 Å². The molecule has 2 aromatic rings. The molecule has 24 heavy (non-hydrogen) atoms. The van der Waals surface area contributed by atoms with Crippen LogP contribution in [0.1, 0.15) is 24.0 Å². The quantitative estimate of drug-likeness (QED) is 0.789. The third-order valence-corrected chi connectivity index (χ3v) is 5.98. The highest BCUT2D eigenvalue weighted by Crippen LogP contribution is 2.34. The molecule has 4 rings (SSSR count). The van der Waals surface area contributed by atoms with Gasteiger partial charge in [-0.3, -0.25) is 4.90 Å². The van der Waals surface area contributed by atoms with Gasteiger partial charge in [0.1, 0.15) is 10.8 Å². The van der Waals surface area contributed by atoms with Crippen LogP contribution in [0.25, 0.3) is 10.9 Å². The van der Waals surface area contributed by atoms with Crippen LogP contribution in [0.5, 0.6) is 0 Å². The predicted molar refractivity (Wildman–Crippen MR) is 96.3 cm³/mol. The molecule has 1 aromatic heterocycles. The number of halogens is 1. The number of benzene rings is 1. The second-order valence-electron chi connectivity index (χ2n) is 6.55. The number of hydrogen-bond donors (Lipinski definition) is 0. The van der Waals surface area contributed by atoms with Crippen molar-refractivity contribution in [2.24, 2.45) is 0 Å². The highest BCUT2D eigenvalue weighted by molar-refractivity contribution is 7.99. The molecule has 0 saturated carbocycles. The molecule has 0 spiro atoms. The van der Waals surface area contributed by atoms with E-state index in [9.17, 15) is 4.39 Å². The van der Waals surface area contributed by atoms with E-state index < -0.39 is 0 Å². The average Bonchev–Trinajstić information content (AvgIpc) is 2.63. The third kappa shape index (κ3) is 3.44. The molecule has 5 heteroatoms. The lowest BCUT2D eigenvalue weighted by Gasteiger charge is -2.26. The summed E-state index contributed by atoms with van der Waals surface area (Å²) in [5.41, 5.74) is 3.64. The second kappa shape index (κ2) is 7.38.